The Morgan fingerprint density at radius 1 is 1.07 bits per heavy atom. The number of nitrogens with one attached hydrogen (secondary N) is 1. The molecule has 2 heteroatoms. The maximum absolute atomic E-state index is 4.05. The highest BCUT2D eigenvalue weighted by molar-refractivity contribution is 5.61. The van der Waals surface area contributed by atoms with Crippen LogP contribution >= 0.6 is 0 Å². The molecular formula is C12H12N2. The molecule has 0 radical (unpaired) electrons. The molecule has 0 fully saturated rings. The molecule has 0 aliphatic heterocycles. The van der Waals surface area contributed by atoms with Gasteiger partial charge in [-0.25, -0.2) is 0 Å². The van der Waals surface area contributed by atoms with Gasteiger partial charge in [0.05, 0.1) is 11.9 Å². The second-order valence-corrected chi connectivity index (χ2v) is 3.18. The lowest BCUT2D eigenvalue weighted by molar-refractivity contribution is 1.32. The molecule has 1 heterocycles. The Morgan fingerprint density at radius 2 is 1.93 bits per heavy atom. The zero-order valence-corrected chi connectivity index (χ0v) is 8.07. The predicted molar refractivity (Wildman–Crippen MR) is 58.7 cm³/mol. The van der Waals surface area contributed by atoms with E-state index in [0.29, 0.717) is 0 Å². The van der Waals surface area contributed by atoms with Gasteiger partial charge in [-0.15, -0.1) is 0 Å². The fourth-order valence-corrected chi connectivity index (χ4v) is 1.31. The van der Waals surface area contributed by atoms with Gasteiger partial charge in [0, 0.05) is 11.9 Å². The van der Waals surface area contributed by atoms with E-state index in [0.717, 1.165) is 11.4 Å². The highest BCUT2D eigenvalue weighted by Gasteiger charge is 1.96. The van der Waals surface area contributed by atoms with E-state index < -0.39 is 0 Å². The standard InChI is InChI=1S/C12H12N2/c1-10-5-2-3-7-12(10)14-11-6-4-8-13-9-11/h2-9,14H,1H3. The van der Waals surface area contributed by atoms with Crippen LogP contribution in [0, 0.1) is 6.92 Å². The lowest BCUT2D eigenvalue weighted by Gasteiger charge is -2.07. The van der Waals surface area contributed by atoms with Gasteiger partial charge in [-0.3, -0.25) is 4.98 Å². The summed E-state index contributed by atoms with van der Waals surface area (Å²) < 4.78 is 0. The van der Waals surface area contributed by atoms with E-state index in [9.17, 15) is 0 Å². The Bertz CT molecular complexity index is 410. The third kappa shape index (κ3) is 1.91. The average molecular weight is 184 g/mol. The van der Waals surface area contributed by atoms with Crippen LogP contribution in [-0.4, -0.2) is 4.98 Å². The van der Waals surface area contributed by atoms with Crippen molar-refractivity contribution in [3.8, 4) is 0 Å². The summed E-state index contributed by atoms with van der Waals surface area (Å²) in [5.41, 5.74) is 3.37. The normalized spacial score (nSPS) is 9.79. The summed E-state index contributed by atoms with van der Waals surface area (Å²) in [6.45, 7) is 2.08. The minimum Gasteiger partial charge on any atom is -0.354 e. The van der Waals surface area contributed by atoms with Crippen LogP contribution in [0.15, 0.2) is 48.8 Å². The number of rotatable bonds is 2. The number of nitrogens with zero attached hydrogens (tertiary/aromatic N) is 1. The SMILES string of the molecule is Cc1ccccc1Nc1cccnc1. The van der Waals surface area contributed by atoms with Gasteiger partial charge >= 0.3 is 0 Å². The molecule has 0 saturated heterocycles. The molecule has 1 aromatic heterocycles. The van der Waals surface area contributed by atoms with Crippen LogP contribution in [0.3, 0.4) is 0 Å². The molecule has 2 nitrogen and oxygen atoms in total. The van der Waals surface area contributed by atoms with Crippen LogP contribution in [-0.2, 0) is 0 Å². The molecule has 0 spiro atoms. The monoisotopic (exact) mass is 184 g/mol. The summed E-state index contributed by atoms with van der Waals surface area (Å²) in [5.74, 6) is 0. The Balaban J connectivity index is 2.24. The van der Waals surface area contributed by atoms with Crippen LogP contribution < -0.4 is 5.32 Å². The highest BCUT2D eigenvalue weighted by atomic mass is 14.9. The van der Waals surface area contributed by atoms with Gasteiger partial charge in [0.25, 0.3) is 0 Å². The average Bonchev–Trinajstić information content (AvgIpc) is 2.23. The van der Waals surface area contributed by atoms with Crippen LogP contribution in [0.1, 0.15) is 5.56 Å². The first-order valence-corrected chi connectivity index (χ1v) is 4.59. The first-order valence-electron chi connectivity index (χ1n) is 4.59. The number of anilines is 2. The van der Waals surface area contributed by atoms with Gasteiger partial charge in [-0.2, -0.15) is 0 Å². The van der Waals surface area contributed by atoms with E-state index in [1.54, 1.807) is 6.20 Å². The number of benzene rings is 1. The van der Waals surface area contributed by atoms with Crippen molar-refractivity contribution in [3.05, 3.63) is 54.4 Å². The van der Waals surface area contributed by atoms with Crippen molar-refractivity contribution >= 4 is 11.4 Å². The predicted octanol–water partition coefficient (Wildman–Crippen LogP) is 3.13. The first kappa shape index (κ1) is 8.75. The third-order valence-electron chi connectivity index (χ3n) is 2.09. The Kier molecular flexibility index (Phi) is 2.45. The van der Waals surface area contributed by atoms with Crippen LogP contribution in [0.4, 0.5) is 11.4 Å². The quantitative estimate of drug-likeness (QED) is 0.775. The summed E-state index contributed by atoms with van der Waals surface area (Å²) >= 11 is 0. The number of aromatic nitrogens is 1. The minimum absolute atomic E-state index is 1.02. The van der Waals surface area contributed by atoms with Crippen LogP contribution in [0.2, 0.25) is 0 Å². The minimum atomic E-state index is 1.02. The molecular weight excluding hydrogens is 172 g/mol. The fourth-order valence-electron chi connectivity index (χ4n) is 1.31. The summed E-state index contributed by atoms with van der Waals surface area (Å²) in [4.78, 5) is 4.05. The molecule has 0 saturated carbocycles. The second kappa shape index (κ2) is 3.92. The second-order valence-electron chi connectivity index (χ2n) is 3.18. The molecule has 1 aromatic carbocycles. The van der Waals surface area contributed by atoms with E-state index >= 15 is 0 Å². The third-order valence-corrected chi connectivity index (χ3v) is 2.09. The number of hydrogen-bond donors (Lipinski definition) is 1. The largest absolute Gasteiger partial charge is 0.354 e. The molecule has 0 aliphatic carbocycles. The zero-order valence-electron chi connectivity index (χ0n) is 8.07. The molecule has 0 unspecified atom stereocenters. The highest BCUT2D eigenvalue weighted by Crippen LogP contribution is 2.18. The van der Waals surface area contributed by atoms with E-state index in [4.69, 9.17) is 0 Å². The molecule has 0 amide bonds. The van der Waals surface area contributed by atoms with Crippen molar-refractivity contribution in [3.63, 3.8) is 0 Å². The number of aryl methyl sites for hydroxylation is 1. The van der Waals surface area contributed by atoms with Crippen molar-refractivity contribution < 1.29 is 0 Å². The van der Waals surface area contributed by atoms with E-state index in [1.165, 1.54) is 5.56 Å². The molecule has 0 atom stereocenters. The molecule has 70 valence electrons. The maximum atomic E-state index is 4.05. The number of pyridine rings is 1. The molecule has 2 aromatic rings. The Morgan fingerprint density at radius 3 is 2.64 bits per heavy atom. The van der Waals surface area contributed by atoms with Gasteiger partial charge in [-0.1, -0.05) is 18.2 Å². The van der Waals surface area contributed by atoms with E-state index in [-0.39, 0.29) is 0 Å². The first-order chi connectivity index (χ1) is 6.86. The molecule has 0 aliphatic rings. The van der Waals surface area contributed by atoms with Gasteiger partial charge in [0.15, 0.2) is 0 Å². The van der Waals surface area contributed by atoms with Gasteiger partial charge in [0.1, 0.15) is 0 Å². The molecule has 2 rings (SSSR count). The lowest BCUT2D eigenvalue weighted by atomic mass is 10.2. The lowest BCUT2D eigenvalue weighted by Crippen LogP contribution is -1.92. The topological polar surface area (TPSA) is 24.9 Å². The van der Waals surface area contributed by atoms with Crippen molar-refractivity contribution in [2.75, 3.05) is 5.32 Å². The summed E-state index contributed by atoms with van der Waals surface area (Å²) in [6, 6.07) is 12.1. The molecule has 1 N–H and O–H groups in total. The maximum Gasteiger partial charge on any atom is 0.0570 e. The van der Waals surface area contributed by atoms with Crippen molar-refractivity contribution in [1.29, 1.82) is 0 Å². The van der Waals surface area contributed by atoms with Crippen molar-refractivity contribution in [2.45, 2.75) is 6.92 Å². The van der Waals surface area contributed by atoms with Gasteiger partial charge in [0.2, 0.25) is 0 Å². The van der Waals surface area contributed by atoms with Crippen LogP contribution in [0.25, 0.3) is 0 Å². The Labute approximate surface area is 83.6 Å². The fraction of sp³-hybridized carbons (Fsp3) is 0.0833. The van der Waals surface area contributed by atoms with Crippen LogP contribution in [0.5, 0.6) is 0 Å². The molecule has 0 bridgehead atoms. The van der Waals surface area contributed by atoms with Crippen molar-refractivity contribution in [2.24, 2.45) is 0 Å². The number of para-hydroxylation sites is 1. The zero-order chi connectivity index (χ0) is 9.80. The van der Waals surface area contributed by atoms with E-state index in [2.05, 4.69) is 29.4 Å². The summed E-state index contributed by atoms with van der Waals surface area (Å²) in [6.07, 6.45) is 3.58. The molecule has 14 heavy (non-hydrogen) atoms. The Hall–Kier alpha value is -1.83. The summed E-state index contributed by atoms with van der Waals surface area (Å²) in [5, 5.41) is 3.31. The van der Waals surface area contributed by atoms with Gasteiger partial charge < -0.3 is 5.32 Å². The smallest absolute Gasteiger partial charge is 0.0570 e. The van der Waals surface area contributed by atoms with Gasteiger partial charge in [-0.05, 0) is 30.7 Å². The van der Waals surface area contributed by atoms with E-state index in [1.807, 2.05) is 30.5 Å². The number of hydrogen-bond acceptors (Lipinski definition) is 2. The van der Waals surface area contributed by atoms with Crippen molar-refractivity contribution in [1.82, 2.24) is 4.98 Å². The summed E-state index contributed by atoms with van der Waals surface area (Å²) in [7, 11) is 0.